The Morgan fingerprint density at radius 1 is 1.32 bits per heavy atom. The molecular formula is C18H18N2O5. The fourth-order valence-corrected chi connectivity index (χ4v) is 2.54. The first kappa shape index (κ1) is 16.9. The van der Waals surface area contributed by atoms with E-state index in [0.29, 0.717) is 17.6 Å². The number of nitrogens with zero attached hydrogens (tertiary/aromatic N) is 1. The van der Waals surface area contributed by atoms with E-state index < -0.39 is 5.97 Å². The maximum atomic E-state index is 12.8. The molecule has 0 unspecified atom stereocenters. The van der Waals surface area contributed by atoms with Crippen LogP contribution in [0.15, 0.2) is 33.5 Å². The van der Waals surface area contributed by atoms with Crippen molar-refractivity contribution < 1.29 is 19.2 Å². The van der Waals surface area contributed by atoms with Gasteiger partial charge in [-0.1, -0.05) is 19.9 Å². The van der Waals surface area contributed by atoms with Crippen LogP contribution in [0, 0.1) is 0 Å². The normalized spacial score (nSPS) is 11.4. The highest BCUT2D eigenvalue weighted by molar-refractivity contribution is 5.98. The minimum atomic E-state index is -1.20. The van der Waals surface area contributed by atoms with Crippen LogP contribution >= 0.6 is 0 Å². The summed E-state index contributed by atoms with van der Waals surface area (Å²) in [6, 6.07) is 6.67. The first-order valence-corrected chi connectivity index (χ1v) is 7.95. The van der Waals surface area contributed by atoms with Gasteiger partial charge in [0.1, 0.15) is 11.1 Å². The van der Waals surface area contributed by atoms with Crippen LogP contribution < -0.4 is 10.9 Å². The first-order valence-electron chi connectivity index (χ1n) is 7.95. The van der Waals surface area contributed by atoms with E-state index in [4.69, 9.17) is 9.25 Å². The van der Waals surface area contributed by atoms with Gasteiger partial charge in [-0.05, 0) is 30.5 Å². The molecule has 2 N–H and O–H groups in total. The fraction of sp³-hybridized carbons (Fsp3) is 0.278. The monoisotopic (exact) mass is 342 g/mol. The van der Waals surface area contributed by atoms with Gasteiger partial charge in [0.15, 0.2) is 16.9 Å². The summed E-state index contributed by atoms with van der Waals surface area (Å²) in [7, 11) is 0. The summed E-state index contributed by atoms with van der Waals surface area (Å²) in [5.41, 5.74) is 3.60. The van der Waals surface area contributed by atoms with Gasteiger partial charge in [-0.3, -0.25) is 9.63 Å². The van der Waals surface area contributed by atoms with E-state index in [1.165, 1.54) is 6.07 Å². The van der Waals surface area contributed by atoms with Gasteiger partial charge >= 0.3 is 5.97 Å². The first-order chi connectivity index (χ1) is 11.9. The van der Waals surface area contributed by atoms with Crippen molar-refractivity contribution in [1.29, 1.82) is 0 Å². The zero-order valence-corrected chi connectivity index (χ0v) is 14.1. The van der Waals surface area contributed by atoms with Gasteiger partial charge < -0.3 is 9.52 Å². The number of nitrogens with one attached hydrogen (secondary N) is 1. The second kappa shape index (κ2) is 6.52. The number of aromatic nitrogens is 1. The summed E-state index contributed by atoms with van der Waals surface area (Å²) in [5, 5.41) is 9.76. The molecule has 0 bridgehead atoms. The summed E-state index contributed by atoms with van der Waals surface area (Å²) >= 11 is 0. The summed E-state index contributed by atoms with van der Waals surface area (Å²) < 4.78 is 5.72. The van der Waals surface area contributed by atoms with Crippen LogP contribution in [0.4, 0.5) is 5.82 Å². The zero-order valence-electron chi connectivity index (χ0n) is 14.1. The van der Waals surface area contributed by atoms with Gasteiger partial charge in [0.25, 0.3) is 0 Å². The Morgan fingerprint density at radius 3 is 2.72 bits per heavy atom. The van der Waals surface area contributed by atoms with Crippen LogP contribution in [0.25, 0.3) is 22.1 Å². The van der Waals surface area contributed by atoms with E-state index in [2.05, 4.69) is 10.5 Å². The van der Waals surface area contributed by atoms with E-state index in [1.807, 2.05) is 19.9 Å². The molecule has 0 fully saturated rings. The van der Waals surface area contributed by atoms with Gasteiger partial charge in [0, 0.05) is 6.07 Å². The lowest BCUT2D eigenvalue weighted by atomic mass is 10.0. The molecular weight excluding hydrogens is 324 g/mol. The van der Waals surface area contributed by atoms with Crippen molar-refractivity contribution in [2.75, 3.05) is 12.1 Å². The molecule has 0 aliphatic heterocycles. The Morgan fingerprint density at radius 2 is 2.08 bits per heavy atom. The zero-order chi connectivity index (χ0) is 18.1. The molecule has 0 saturated heterocycles. The van der Waals surface area contributed by atoms with Crippen LogP contribution in [0.2, 0.25) is 0 Å². The third kappa shape index (κ3) is 3.06. The Labute approximate surface area is 143 Å². The van der Waals surface area contributed by atoms with E-state index in [0.717, 1.165) is 5.56 Å². The number of carbonyl (C=O) groups is 1. The maximum absolute atomic E-state index is 12.8. The van der Waals surface area contributed by atoms with Gasteiger partial charge in [0.2, 0.25) is 5.43 Å². The summed E-state index contributed by atoms with van der Waals surface area (Å²) in [5.74, 6) is -0.972. The molecule has 7 heteroatoms. The maximum Gasteiger partial charge on any atom is 0.339 e. The number of carboxylic acid groups (broad SMARTS) is 1. The van der Waals surface area contributed by atoms with Crippen molar-refractivity contribution >= 4 is 33.9 Å². The SMILES string of the molecule is CCONc1nc2c(=O)c3cc(C(C)C)ccc3oc2cc1C(=O)O. The van der Waals surface area contributed by atoms with Crippen molar-refractivity contribution in [1.82, 2.24) is 4.98 Å². The molecule has 2 heterocycles. The molecule has 7 nitrogen and oxygen atoms in total. The Balaban J connectivity index is 2.31. The molecule has 0 aliphatic carbocycles. The molecule has 3 aromatic rings. The number of aromatic carboxylic acids is 1. The molecule has 130 valence electrons. The van der Waals surface area contributed by atoms with E-state index in [-0.39, 0.29) is 33.8 Å². The van der Waals surface area contributed by atoms with Crippen LogP contribution in [0.3, 0.4) is 0 Å². The average Bonchev–Trinajstić information content (AvgIpc) is 2.59. The van der Waals surface area contributed by atoms with E-state index in [9.17, 15) is 14.7 Å². The highest BCUT2D eigenvalue weighted by atomic mass is 16.6. The van der Waals surface area contributed by atoms with E-state index >= 15 is 0 Å². The van der Waals surface area contributed by atoms with Crippen LogP contribution in [-0.2, 0) is 4.84 Å². The second-order valence-corrected chi connectivity index (χ2v) is 5.91. The highest BCUT2D eigenvalue weighted by Crippen LogP contribution is 2.25. The molecule has 0 amide bonds. The molecule has 1 aromatic carbocycles. The summed E-state index contributed by atoms with van der Waals surface area (Å²) in [4.78, 5) is 33.4. The van der Waals surface area contributed by atoms with Crippen LogP contribution in [0.5, 0.6) is 0 Å². The third-order valence-electron chi connectivity index (χ3n) is 3.88. The van der Waals surface area contributed by atoms with E-state index in [1.54, 1.807) is 19.1 Å². The van der Waals surface area contributed by atoms with Crippen molar-refractivity contribution in [2.45, 2.75) is 26.7 Å². The Kier molecular flexibility index (Phi) is 4.41. The average molecular weight is 342 g/mol. The predicted molar refractivity (Wildman–Crippen MR) is 94.1 cm³/mol. The molecule has 0 atom stereocenters. The number of fused-ring (bicyclic) bond motifs is 2. The molecule has 2 aromatic heterocycles. The smallest absolute Gasteiger partial charge is 0.339 e. The molecule has 0 saturated carbocycles. The lowest BCUT2D eigenvalue weighted by Gasteiger charge is -2.10. The number of rotatable bonds is 5. The van der Waals surface area contributed by atoms with Crippen LogP contribution in [-0.4, -0.2) is 22.7 Å². The molecule has 0 aliphatic rings. The van der Waals surface area contributed by atoms with Gasteiger partial charge in [-0.25, -0.2) is 15.3 Å². The standard InChI is InChI=1S/C18H18N2O5/c1-4-24-20-17-12(18(22)23)8-14-15(19-17)16(21)11-7-10(9(2)3)5-6-13(11)25-14/h5-9H,4H2,1-3H3,(H,19,20)(H,22,23). The van der Waals surface area contributed by atoms with Crippen molar-refractivity contribution in [2.24, 2.45) is 0 Å². The molecule has 0 spiro atoms. The second-order valence-electron chi connectivity index (χ2n) is 5.91. The summed E-state index contributed by atoms with van der Waals surface area (Å²) in [6.45, 7) is 6.11. The minimum Gasteiger partial charge on any atom is -0.478 e. The lowest BCUT2D eigenvalue weighted by Crippen LogP contribution is -2.12. The van der Waals surface area contributed by atoms with Gasteiger partial charge in [0.05, 0.1) is 12.0 Å². The number of hydrogen-bond acceptors (Lipinski definition) is 6. The Hall–Kier alpha value is -2.93. The lowest BCUT2D eigenvalue weighted by molar-refractivity contribution is 0.0696. The minimum absolute atomic E-state index is 0.0338. The highest BCUT2D eigenvalue weighted by Gasteiger charge is 2.18. The van der Waals surface area contributed by atoms with Crippen molar-refractivity contribution in [3.63, 3.8) is 0 Å². The summed E-state index contributed by atoms with van der Waals surface area (Å²) in [6.07, 6.45) is 0. The number of benzene rings is 1. The van der Waals surface area contributed by atoms with Gasteiger partial charge in [-0.2, -0.15) is 0 Å². The quantitative estimate of drug-likeness (QED) is 0.540. The number of pyridine rings is 1. The number of carboxylic acids is 1. The number of anilines is 1. The van der Waals surface area contributed by atoms with Crippen molar-refractivity contribution in [3.8, 4) is 0 Å². The topological polar surface area (TPSA) is 102 Å². The fourth-order valence-electron chi connectivity index (χ4n) is 2.54. The van der Waals surface area contributed by atoms with Crippen molar-refractivity contribution in [3.05, 3.63) is 45.6 Å². The Bertz CT molecular complexity index is 1020. The molecule has 25 heavy (non-hydrogen) atoms. The third-order valence-corrected chi connectivity index (χ3v) is 3.88. The largest absolute Gasteiger partial charge is 0.478 e. The predicted octanol–water partition coefficient (Wildman–Crippen LogP) is 3.53. The number of hydrogen-bond donors (Lipinski definition) is 2. The van der Waals surface area contributed by atoms with Crippen LogP contribution in [0.1, 0.15) is 42.6 Å². The molecule has 0 radical (unpaired) electrons. The molecule has 3 rings (SSSR count). The van der Waals surface area contributed by atoms with Gasteiger partial charge in [-0.15, -0.1) is 0 Å².